The summed E-state index contributed by atoms with van der Waals surface area (Å²) in [7, 11) is 0. The quantitative estimate of drug-likeness (QED) is 0.727. The average molecular weight is 209 g/mol. The minimum atomic E-state index is -0.483. The van der Waals surface area contributed by atoms with Gasteiger partial charge in [0.15, 0.2) is 0 Å². The predicted molar refractivity (Wildman–Crippen MR) is 58.1 cm³/mol. The number of carbonyl (C=O) groups excluding carboxylic acids is 1. The second-order valence-electron chi connectivity index (χ2n) is 3.93. The lowest BCUT2D eigenvalue weighted by Gasteiger charge is -2.15. The van der Waals surface area contributed by atoms with Gasteiger partial charge >= 0.3 is 0 Å². The van der Waals surface area contributed by atoms with E-state index >= 15 is 0 Å². The number of rotatable bonds is 5. The van der Waals surface area contributed by atoms with Crippen molar-refractivity contribution in [3.8, 4) is 6.07 Å². The van der Waals surface area contributed by atoms with Gasteiger partial charge in [0.2, 0.25) is 5.91 Å². The van der Waals surface area contributed by atoms with Gasteiger partial charge in [-0.1, -0.05) is 6.92 Å². The Morgan fingerprint density at radius 3 is 2.73 bits per heavy atom. The van der Waals surface area contributed by atoms with Crippen molar-refractivity contribution in [3.05, 3.63) is 0 Å². The smallest absolute Gasteiger partial charge is 0.237 e. The Balaban J connectivity index is 2.13. The van der Waals surface area contributed by atoms with E-state index in [1.807, 2.05) is 13.0 Å². The second kappa shape index (κ2) is 6.41. The van der Waals surface area contributed by atoms with Crippen LogP contribution in [0.1, 0.15) is 26.2 Å². The number of nitriles is 1. The fourth-order valence-corrected chi connectivity index (χ4v) is 1.80. The molecule has 4 nitrogen and oxygen atoms in total. The Labute approximate surface area is 91.2 Å². The normalized spacial score (nSPS) is 18.4. The van der Waals surface area contributed by atoms with Gasteiger partial charge in [0, 0.05) is 13.1 Å². The van der Waals surface area contributed by atoms with Gasteiger partial charge in [-0.3, -0.25) is 4.79 Å². The van der Waals surface area contributed by atoms with E-state index in [0.29, 0.717) is 13.0 Å². The number of carbonyl (C=O) groups is 1. The van der Waals surface area contributed by atoms with Gasteiger partial charge in [0.1, 0.15) is 5.92 Å². The highest BCUT2D eigenvalue weighted by Gasteiger charge is 2.15. The molecule has 1 aliphatic heterocycles. The maximum atomic E-state index is 11.4. The van der Waals surface area contributed by atoms with Crippen LogP contribution < -0.4 is 5.32 Å². The molecule has 0 bridgehead atoms. The maximum Gasteiger partial charge on any atom is 0.237 e. The molecule has 0 radical (unpaired) electrons. The molecule has 1 N–H and O–H groups in total. The Morgan fingerprint density at radius 2 is 2.20 bits per heavy atom. The van der Waals surface area contributed by atoms with Gasteiger partial charge in [-0.2, -0.15) is 5.26 Å². The van der Waals surface area contributed by atoms with Gasteiger partial charge in [-0.25, -0.2) is 0 Å². The van der Waals surface area contributed by atoms with Gasteiger partial charge in [-0.15, -0.1) is 0 Å². The minimum Gasteiger partial charge on any atom is -0.354 e. The molecule has 1 amide bonds. The van der Waals surface area contributed by atoms with Crippen molar-refractivity contribution in [3.63, 3.8) is 0 Å². The summed E-state index contributed by atoms with van der Waals surface area (Å²) in [5, 5.41) is 11.5. The van der Waals surface area contributed by atoms with Crippen LogP contribution in [0.4, 0.5) is 0 Å². The highest BCUT2D eigenvalue weighted by molar-refractivity contribution is 5.80. The lowest BCUT2D eigenvalue weighted by molar-refractivity contribution is -0.123. The largest absolute Gasteiger partial charge is 0.354 e. The third-order valence-electron chi connectivity index (χ3n) is 2.81. The van der Waals surface area contributed by atoms with Crippen LogP contribution in [0.5, 0.6) is 0 Å². The summed E-state index contributed by atoms with van der Waals surface area (Å²) in [6.07, 6.45) is 3.12. The first-order chi connectivity index (χ1) is 7.27. The lowest BCUT2D eigenvalue weighted by atomic mass is 10.1. The van der Waals surface area contributed by atoms with E-state index in [2.05, 4.69) is 10.2 Å². The van der Waals surface area contributed by atoms with E-state index in [1.165, 1.54) is 12.8 Å². The van der Waals surface area contributed by atoms with Crippen LogP contribution >= 0.6 is 0 Å². The van der Waals surface area contributed by atoms with E-state index < -0.39 is 5.92 Å². The summed E-state index contributed by atoms with van der Waals surface area (Å²) < 4.78 is 0. The zero-order valence-corrected chi connectivity index (χ0v) is 9.33. The first kappa shape index (κ1) is 12.0. The summed E-state index contributed by atoms with van der Waals surface area (Å²) in [4.78, 5) is 13.8. The Bertz CT molecular complexity index is 241. The van der Waals surface area contributed by atoms with E-state index in [9.17, 15) is 4.79 Å². The number of hydrogen-bond donors (Lipinski definition) is 1. The lowest BCUT2D eigenvalue weighted by Crippen LogP contribution is -2.36. The number of likely N-dealkylation sites (tertiary alicyclic amines) is 1. The molecule has 15 heavy (non-hydrogen) atoms. The summed E-state index contributed by atoms with van der Waals surface area (Å²) in [6.45, 7) is 5.72. The zero-order valence-electron chi connectivity index (χ0n) is 9.33. The molecular formula is C11H19N3O. The topological polar surface area (TPSA) is 56.1 Å². The highest BCUT2D eigenvalue weighted by Crippen LogP contribution is 2.05. The molecule has 1 aliphatic rings. The van der Waals surface area contributed by atoms with Gasteiger partial charge in [0.25, 0.3) is 0 Å². The van der Waals surface area contributed by atoms with Crippen LogP contribution in [0.15, 0.2) is 0 Å². The number of hydrogen-bond acceptors (Lipinski definition) is 3. The Kier molecular flexibility index (Phi) is 5.13. The molecule has 1 rings (SSSR count). The van der Waals surface area contributed by atoms with E-state index in [4.69, 9.17) is 5.26 Å². The maximum absolute atomic E-state index is 11.4. The van der Waals surface area contributed by atoms with Gasteiger partial charge < -0.3 is 10.2 Å². The predicted octanol–water partition coefficient (Wildman–Crippen LogP) is 0.748. The summed E-state index contributed by atoms with van der Waals surface area (Å²) >= 11 is 0. The number of nitrogens with zero attached hydrogens (tertiary/aromatic N) is 2. The van der Waals surface area contributed by atoms with E-state index in [1.54, 1.807) is 0 Å². The number of nitrogens with one attached hydrogen (secondary N) is 1. The molecule has 1 heterocycles. The van der Waals surface area contributed by atoms with Crippen LogP contribution in [0.2, 0.25) is 0 Å². The first-order valence-corrected chi connectivity index (χ1v) is 5.67. The Morgan fingerprint density at radius 1 is 1.53 bits per heavy atom. The first-order valence-electron chi connectivity index (χ1n) is 5.67. The van der Waals surface area contributed by atoms with Crippen LogP contribution in [0.25, 0.3) is 0 Å². The molecule has 1 fully saturated rings. The van der Waals surface area contributed by atoms with Crippen molar-refractivity contribution in [2.75, 3.05) is 26.2 Å². The van der Waals surface area contributed by atoms with Crippen molar-refractivity contribution < 1.29 is 4.79 Å². The monoisotopic (exact) mass is 209 g/mol. The highest BCUT2D eigenvalue weighted by atomic mass is 16.1. The molecule has 1 saturated heterocycles. The molecule has 0 saturated carbocycles. The van der Waals surface area contributed by atoms with Gasteiger partial charge in [0.05, 0.1) is 6.07 Å². The second-order valence-corrected chi connectivity index (χ2v) is 3.93. The number of amides is 1. The van der Waals surface area contributed by atoms with E-state index in [-0.39, 0.29) is 5.91 Å². The summed E-state index contributed by atoms with van der Waals surface area (Å²) in [6, 6.07) is 2.00. The van der Waals surface area contributed by atoms with E-state index in [0.717, 1.165) is 19.6 Å². The summed E-state index contributed by atoms with van der Waals surface area (Å²) in [5.41, 5.74) is 0. The molecule has 0 spiro atoms. The molecular weight excluding hydrogens is 190 g/mol. The molecule has 1 atom stereocenters. The molecule has 0 aromatic heterocycles. The molecule has 0 aliphatic carbocycles. The standard InChI is InChI=1S/C11H19N3O/c1-2-10(9-12)11(15)13-5-8-14-6-3-4-7-14/h10H,2-8H2,1H3,(H,13,15). The molecule has 84 valence electrons. The van der Waals surface area contributed by atoms with Crippen LogP contribution in [0, 0.1) is 17.2 Å². The fourth-order valence-electron chi connectivity index (χ4n) is 1.80. The van der Waals surface area contributed by atoms with Crippen LogP contribution in [-0.2, 0) is 4.79 Å². The van der Waals surface area contributed by atoms with Gasteiger partial charge in [-0.05, 0) is 32.4 Å². The third-order valence-corrected chi connectivity index (χ3v) is 2.81. The summed E-state index contributed by atoms with van der Waals surface area (Å²) in [5.74, 6) is -0.609. The molecule has 4 heteroatoms. The van der Waals surface area contributed by atoms with Crippen molar-refractivity contribution in [2.45, 2.75) is 26.2 Å². The van der Waals surface area contributed by atoms with Crippen molar-refractivity contribution in [2.24, 2.45) is 5.92 Å². The third kappa shape index (κ3) is 3.88. The van der Waals surface area contributed by atoms with Crippen molar-refractivity contribution >= 4 is 5.91 Å². The Hall–Kier alpha value is -1.08. The molecule has 0 aromatic carbocycles. The van der Waals surface area contributed by atoms with Crippen LogP contribution in [-0.4, -0.2) is 37.0 Å². The van der Waals surface area contributed by atoms with Crippen LogP contribution in [0.3, 0.4) is 0 Å². The zero-order chi connectivity index (χ0) is 11.1. The van der Waals surface area contributed by atoms with Crippen molar-refractivity contribution in [1.82, 2.24) is 10.2 Å². The van der Waals surface area contributed by atoms with Crippen molar-refractivity contribution in [1.29, 1.82) is 5.26 Å². The fraction of sp³-hybridized carbons (Fsp3) is 0.818. The molecule has 0 aromatic rings. The minimum absolute atomic E-state index is 0.126. The molecule has 1 unspecified atom stereocenters. The SMILES string of the molecule is CCC(C#N)C(=O)NCCN1CCCC1. The average Bonchev–Trinajstić information content (AvgIpc) is 2.72.